The van der Waals surface area contributed by atoms with E-state index in [1.54, 1.807) is 7.05 Å². The summed E-state index contributed by atoms with van der Waals surface area (Å²) < 4.78 is 23.0. The molecule has 2 aliphatic rings. The lowest BCUT2D eigenvalue weighted by Gasteiger charge is -2.40. The number of guanidine groups is 1. The maximum absolute atomic E-state index is 12.2. The van der Waals surface area contributed by atoms with E-state index in [-0.39, 0.29) is 47.4 Å². The molecule has 3 rings (SSSR count). The number of likely N-dealkylation sites (tertiary alicyclic amines) is 1. The van der Waals surface area contributed by atoms with Crippen molar-refractivity contribution in [3.05, 3.63) is 35.9 Å². The lowest BCUT2D eigenvalue weighted by Crippen LogP contribution is -2.49. The third kappa shape index (κ3) is 7.34. The van der Waals surface area contributed by atoms with E-state index in [4.69, 9.17) is 0 Å². The number of rotatable bonds is 6. The molecule has 0 saturated carbocycles. The highest BCUT2D eigenvalue weighted by Crippen LogP contribution is 2.34. The predicted octanol–water partition coefficient (Wildman–Crippen LogP) is 2.39. The predicted molar refractivity (Wildman–Crippen MR) is 136 cm³/mol. The fourth-order valence-corrected chi connectivity index (χ4v) is 6.28. The van der Waals surface area contributed by atoms with Crippen molar-refractivity contribution in [3.8, 4) is 0 Å². The third-order valence-electron chi connectivity index (χ3n) is 6.23. The van der Waals surface area contributed by atoms with Crippen LogP contribution >= 0.6 is 24.0 Å². The summed E-state index contributed by atoms with van der Waals surface area (Å²) in [4.78, 5) is 18.9. The molecule has 1 aromatic carbocycles. The van der Waals surface area contributed by atoms with Crippen LogP contribution in [0.5, 0.6) is 0 Å². The number of benzene rings is 1. The molecule has 1 amide bonds. The van der Waals surface area contributed by atoms with E-state index in [1.807, 2.05) is 0 Å². The average molecular weight is 563 g/mol. The summed E-state index contributed by atoms with van der Waals surface area (Å²) in [6.07, 6.45) is 3.00. The Morgan fingerprint density at radius 1 is 1.23 bits per heavy atom. The minimum atomic E-state index is -2.98. The van der Waals surface area contributed by atoms with Gasteiger partial charge in [-0.2, -0.15) is 0 Å². The Bertz CT molecular complexity index is 848. The fraction of sp³-hybridized carbons (Fsp3) is 0.636. The van der Waals surface area contributed by atoms with Crippen LogP contribution in [0, 0.1) is 5.92 Å². The van der Waals surface area contributed by atoms with Gasteiger partial charge in [0.15, 0.2) is 15.8 Å². The molecule has 0 bridgehead atoms. The molecule has 0 aromatic heterocycles. The Labute approximate surface area is 203 Å². The number of amides is 1. The van der Waals surface area contributed by atoms with Crippen LogP contribution < -0.4 is 10.6 Å². The molecule has 2 fully saturated rings. The quantitative estimate of drug-likeness (QED) is 0.316. The van der Waals surface area contributed by atoms with Gasteiger partial charge < -0.3 is 15.5 Å². The molecule has 3 unspecified atom stereocenters. The number of nitrogens with one attached hydrogen (secondary N) is 2. The van der Waals surface area contributed by atoms with Gasteiger partial charge in [0, 0.05) is 39.1 Å². The summed E-state index contributed by atoms with van der Waals surface area (Å²) in [5.41, 5.74) is 1.41. The smallest absolute Gasteiger partial charge is 0.222 e. The van der Waals surface area contributed by atoms with E-state index in [2.05, 4.69) is 57.8 Å². The van der Waals surface area contributed by atoms with Gasteiger partial charge in [-0.1, -0.05) is 43.7 Å². The van der Waals surface area contributed by atoms with Gasteiger partial charge in [0.05, 0.1) is 11.5 Å². The summed E-state index contributed by atoms with van der Waals surface area (Å²) in [7, 11) is -1.21. The number of halogens is 1. The first-order valence-corrected chi connectivity index (χ1v) is 12.7. The molecule has 31 heavy (non-hydrogen) atoms. The highest BCUT2D eigenvalue weighted by Gasteiger charge is 2.31. The Hall–Kier alpha value is -1.36. The number of nitrogens with zero attached hydrogens (tertiary/aromatic N) is 2. The maximum Gasteiger partial charge on any atom is 0.222 e. The number of carbonyl (C=O) groups excluding carboxylic acids is 1. The van der Waals surface area contributed by atoms with Crippen LogP contribution in [0.25, 0.3) is 0 Å². The zero-order valence-corrected chi connectivity index (χ0v) is 21.6. The summed E-state index contributed by atoms with van der Waals surface area (Å²) in [6.45, 7) is 4.60. The Kier molecular flexibility index (Phi) is 10.1. The first-order valence-electron chi connectivity index (χ1n) is 10.9. The van der Waals surface area contributed by atoms with E-state index in [0.717, 1.165) is 31.9 Å². The van der Waals surface area contributed by atoms with Crippen molar-refractivity contribution in [1.29, 1.82) is 0 Å². The lowest BCUT2D eigenvalue weighted by atomic mass is 9.79. The van der Waals surface area contributed by atoms with E-state index in [0.29, 0.717) is 31.2 Å². The minimum absolute atomic E-state index is 0. The number of aliphatic imine (C=N–C) groups is 1. The molecule has 2 saturated heterocycles. The second kappa shape index (κ2) is 12.0. The SMILES string of the molecule is CCC1CN(C(=NC)NCCC(=O)NC2CCS(=O)(=O)C2)CCC1c1ccccc1.I. The fourth-order valence-electron chi connectivity index (χ4n) is 4.61. The van der Waals surface area contributed by atoms with Gasteiger partial charge >= 0.3 is 0 Å². The monoisotopic (exact) mass is 562 g/mol. The van der Waals surface area contributed by atoms with Crippen molar-refractivity contribution in [2.24, 2.45) is 10.9 Å². The average Bonchev–Trinajstić information content (AvgIpc) is 3.09. The molecular formula is C22H35IN4O3S. The van der Waals surface area contributed by atoms with Gasteiger partial charge in [-0.15, -0.1) is 24.0 Å². The second-order valence-corrected chi connectivity index (χ2v) is 10.5. The van der Waals surface area contributed by atoms with Gasteiger partial charge in [-0.25, -0.2) is 8.42 Å². The molecule has 1 aromatic rings. The number of carbonyl (C=O) groups is 1. The lowest BCUT2D eigenvalue weighted by molar-refractivity contribution is -0.121. The summed E-state index contributed by atoms with van der Waals surface area (Å²) in [5, 5.41) is 6.14. The highest BCUT2D eigenvalue weighted by atomic mass is 127. The van der Waals surface area contributed by atoms with Crippen LogP contribution in [0.15, 0.2) is 35.3 Å². The van der Waals surface area contributed by atoms with Gasteiger partial charge in [0.1, 0.15) is 0 Å². The normalized spacial score (nSPS) is 25.5. The van der Waals surface area contributed by atoms with Crippen LogP contribution in [0.3, 0.4) is 0 Å². The maximum atomic E-state index is 12.2. The Morgan fingerprint density at radius 2 is 1.97 bits per heavy atom. The van der Waals surface area contributed by atoms with Gasteiger partial charge in [0.2, 0.25) is 5.91 Å². The number of hydrogen-bond acceptors (Lipinski definition) is 4. The molecule has 7 nitrogen and oxygen atoms in total. The van der Waals surface area contributed by atoms with Crippen LogP contribution in [0.4, 0.5) is 0 Å². The Balaban J connectivity index is 0.00000341. The van der Waals surface area contributed by atoms with Crippen LogP contribution in [0.1, 0.15) is 44.1 Å². The van der Waals surface area contributed by atoms with Gasteiger partial charge in [-0.3, -0.25) is 9.79 Å². The molecule has 174 valence electrons. The zero-order valence-electron chi connectivity index (χ0n) is 18.4. The standard InChI is InChI=1S/C22H34N4O3S.HI/c1-3-17-15-26(13-10-20(17)18-7-5-4-6-8-18)22(23-2)24-12-9-21(27)25-19-11-14-30(28,29)16-19;/h4-8,17,19-20H,3,9-16H2,1-2H3,(H,23,24)(H,25,27);1H. The molecule has 0 aliphatic carbocycles. The summed E-state index contributed by atoms with van der Waals surface area (Å²) in [6, 6.07) is 10.5. The second-order valence-electron chi connectivity index (χ2n) is 8.31. The number of hydrogen-bond donors (Lipinski definition) is 2. The van der Waals surface area contributed by atoms with Crippen molar-refractivity contribution >= 4 is 45.7 Å². The molecular weight excluding hydrogens is 527 g/mol. The minimum Gasteiger partial charge on any atom is -0.356 e. The van der Waals surface area contributed by atoms with E-state index in [1.165, 1.54) is 5.56 Å². The molecule has 0 spiro atoms. The van der Waals surface area contributed by atoms with Crippen LogP contribution in [0.2, 0.25) is 0 Å². The molecule has 3 atom stereocenters. The van der Waals surface area contributed by atoms with Crippen molar-refractivity contribution < 1.29 is 13.2 Å². The van der Waals surface area contributed by atoms with Crippen molar-refractivity contribution in [3.63, 3.8) is 0 Å². The van der Waals surface area contributed by atoms with Crippen LogP contribution in [-0.2, 0) is 14.6 Å². The van der Waals surface area contributed by atoms with E-state index >= 15 is 0 Å². The summed E-state index contributed by atoms with van der Waals surface area (Å²) in [5.74, 6) is 2.07. The highest BCUT2D eigenvalue weighted by molar-refractivity contribution is 14.0. The van der Waals surface area contributed by atoms with Crippen molar-refractivity contribution in [2.75, 3.05) is 38.2 Å². The Morgan fingerprint density at radius 3 is 2.58 bits per heavy atom. The topological polar surface area (TPSA) is 90.9 Å². The third-order valence-corrected chi connectivity index (χ3v) is 8.00. The largest absolute Gasteiger partial charge is 0.356 e. The molecule has 2 aliphatic heterocycles. The van der Waals surface area contributed by atoms with E-state index in [9.17, 15) is 13.2 Å². The molecule has 2 heterocycles. The molecule has 2 N–H and O–H groups in total. The van der Waals surface area contributed by atoms with Crippen molar-refractivity contribution in [1.82, 2.24) is 15.5 Å². The number of sulfone groups is 1. The first-order chi connectivity index (χ1) is 14.4. The van der Waals surface area contributed by atoms with Crippen LogP contribution in [-0.4, -0.2) is 69.4 Å². The first kappa shape index (κ1) is 25.9. The van der Waals surface area contributed by atoms with Gasteiger partial charge in [-0.05, 0) is 30.2 Å². The van der Waals surface area contributed by atoms with E-state index < -0.39 is 9.84 Å². The number of piperidine rings is 1. The zero-order chi connectivity index (χ0) is 21.6. The molecule has 9 heteroatoms. The van der Waals surface area contributed by atoms with Gasteiger partial charge in [0.25, 0.3) is 0 Å². The summed E-state index contributed by atoms with van der Waals surface area (Å²) >= 11 is 0. The molecule has 0 radical (unpaired) electrons. The van der Waals surface area contributed by atoms with Crippen molar-refractivity contribution in [2.45, 2.75) is 44.6 Å².